The summed E-state index contributed by atoms with van der Waals surface area (Å²) >= 11 is 0. The Bertz CT molecular complexity index is 326. The molecule has 2 aliphatic rings. The highest BCUT2D eigenvalue weighted by atomic mass is 16.4. The first kappa shape index (κ1) is 13.2. The van der Waals surface area contributed by atoms with Gasteiger partial charge in [0.25, 0.3) is 0 Å². The van der Waals surface area contributed by atoms with E-state index in [4.69, 9.17) is 5.11 Å². The van der Waals surface area contributed by atoms with Gasteiger partial charge >= 0.3 is 12.0 Å². The van der Waals surface area contributed by atoms with Crippen LogP contribution in [-0.2, 0) is 4.79 Å². The zero-order valence-corrected chi connectivity index (χ0v) is 10.9. The first-order chi connectivity index (χ1) is 8.58. The maximum Gasteiger partial charge on any atom is 0.317 e. The van der Waals surface area contributed by atoms with Crippen LogP contribution < -0.4 is 5.32 Å². The van der Waals surface area contributed by atoms with E-state index < -0.39 is 11.9 Å². The van der Waals surface area contributed by atoms with E-state index in [1.54, 1.807) is 4.90 Å². The minimum absolute atomic E-state index is 0.0413. The number of urea groups is 1. The van der Waals surface area contributed by atoms with Crippen LogP contribution in [-0.4, -0.2) is 41.1 Å². The largest absolute Gasteiger partial charge is 0.481 e. The predicted octanol–water partition coefficient (Wildman–Crippen LogP) is 1.68. The molecule has 0 bridgehead atoms. The van der Waals surface area contributed by atoms with Gasteiger partial charge in [-0.15, -0.1) is 0 Å². The highest BCUT2D eigenvalue weighted by Gasteiger charge is 2.37. The van der Waals surface area contributed by atoms with Crippen molar-refractivity contribution in [1.82, 2.24) is 10.2 Å². The van der Waals surface area contributed by atoms with Crippen molar-refractivity contribution in [3.63, 3.8) is 0 Å². The minimum Gasteiger partial charge on any atom is -0.481 e. The lowest BCUT2D eigenvalue weighted by Crippen LogP contribution is -2.44. The van der Waals surface area contributed by atoms with Crippen molar-refractivity contribution in [2.75, 3.05) is 13.1 Å². The van der Waals surface area contributed by atoms with Gasteiger partial charge in [-0.05, 0) is 18.8 Å². The van der Waals surface area contributed by atoms with Gasteiger partial charge in [0.2, 0.25) is 0 Å². The Morgan fingerprint density at radius 3 is 2.39 bits per heavy atom. The Morgan fingerprint density at radius 1 is 1.17 bits per heavy atom. The topological polar surface area (TPSA) is 69.6 Å². The van der Waals surface area contributed by atoms with E-state index in [1.807, 2.05) is 6.92 Å². The average Bonchev–Trinajstić information content (AvgIpc) is 2.73. The number of nitrogens with zero attached hydrogens (tertiary/aromatic N) is 1. The molecule has 102 valence electrons. The first-order valence-corrected chi connectivity index (χ1v) is 6.86. The zero-order chi connectivity index (χ0) is 13.1. The molecule has 1 aliphatic carbocycles. The van der Waals surface area contributed by atoms with Crippen molar-refractivity contribution < 1.29 is 14.7 Å². The van der Waals surface area contributed by atoms with E-state index in [-0.39, 0.29) is 18.0 Å². The molecule has 2 N–H and O–H groups in total. The van der Waals surface area contributed by atoms with Crippen LogP contribution in [0.15, 0.2) is 0 Å². The van der Waals surface area contributed by atoms with Crippen molar-refractivity contribution in [3.8, 4) is 0 Å². The van der Waals surface area contributed by atoms with Gasteiger partial charge in [-0.2, -0.15) is 0 Å². The second kappa shape index (κ2) is 5.59. The zero-order valence-electron chi connectivity index (χ0n) is 10.9. The summed E-state index contributed by atoms with van der Waals surface area (Å²) in [5.74, 6) is -1.17. The average molecular weight is 254 g/mol. The van der Waals surface area contributed by atoms with Crippen LogP contribution in [0.5, 0.6) is 0 Å². The van der Waals surface area contributed by atoms with E-state index in [2.05, 4.69) is 5.32 Å². The van der Waals surface area contributed by atoms with Gasteiger partial charge in [0.15, 0.2) is 0 Å². The molecule has 0 aromatic rings. The van der Waals surface area contributed by atoms with E-state index in [1.165, 1.54) is 19.3 Å². The molecule has 2 atom stereocenters. The summed E-state index contributed by atoms with van der Waals surface area (Å²) in [6, 6.07) is 0.197. The number of carboxylic acids is 1. The number of likely N-dealkylation sites (tertiary alicyclic amines) is 1. The highest BCUT2D eigenvalue weighted by Crippen LogP contribution is 2.24. The molecule has 1 heterocycles. The molecular weight excluding hydrogens is 232 g/mol. The van der Waals surface area contributed by atoms with Crippen LogP contribution in [0.4, 0.5) is 4.79 Å². The lowest BCUT2D eigenvalue weighted by atomic mass is 9.96. The van der Waals surface area contributed by atoms with Gasteiger partial charge in [0, 0.05) is 19.1 Å². The molecule has 1 saturated carbocycles. The Hall–Kier alpha value is -1.26. The quantitative estimate of drug-likeness (QED) is 0.787. The molecular formula is C13H22N2O3. The normalized spacial score (nSPS) is 29.3. The summed E-state index contributed by atoms with van der Waals surface area (Å²) in [5, 5.41) is 12.1. The van der Waals surface area contributed by atoms with Crippen LogP contribution in [0.25, 0.3) is 0 Å². The number of hydrogen-bond donors (Lipinski definition) is 2. The fourth-order valence-corrected chi connectivity index (χ4v) is 2.97. The molecule has 2 amide bonds. The minimum atomic E-state index is -0.796. The number of nitrogens with one attached hydrogen (secondary N) is 1. The molecule has 2 rings (SSSR count). The Morgan fingerprint density at radius 2 is 1.83 bits per heavy atom. The number of carboxylic acid groups (broad SMARTS) is 1. The molecule has 5 heteroatoms. The number of carbonyl (C=O) groups is 2. The summed E-state index contributed by atoms with van der Waals surface area (Å²) in [4.78, 5) is 24.7. The summed E-state index contributed by atoms with van der Waals surface area (Å²) in [7, 11) is 0. The summed E-state index contributed by atoms with van der Waals surface area (Å²) in [6.45, 7) is 2.79. The van der Waals surface area contributed by atoms with Crippen LogP contribution in [0.1, 0.15) is 39.0 Å². The molecule has 0 aromatic carbocycles. The van der Waals surface area contributed by atoms with Gasteiger partial charge in [0.05, 0.1) is 5.92 Å². The Balaban J connectivity index is 1.84. The number of carbonyl (C=O) groups excluding carboxylic acids is 1. The fourth-order valence-electron chi connectivity index (χ4n) is 2.97. The van der Waals surface area contributed by atoms with Crippen molar-refractivity contribution in [2.45, 2.75) is 45.1 Å². The molecule has 2 fully saturated rings. The molecule has 1 aliphatic heterocycles. The smallest absolute Gasteiger partial charge is 0.317 e. The molecule has 1 saturated heterocycles. The van der Waals surface area contributed by atoms with Crippen molar-refractivity contribution in [1.29, 1.82) is 0 Å². The lowest BCUT2D eigenvalue weighted by Gasteiger charge is -2.26. The maximum atomic E-state index is 12.0. The number of amides is 2. The summed E-state index contributed by atoms with van der Waals surface area (Å²) < 4.78 is 0. The maximum absolute atomic E-state index is 12.0. The number of hydrogen-bond acceptors (Lipinski definition) is 2. The molecule has 0 radical (unpaired) electrons. The van der Waals surface area contributed by atoms with Crippen molar-refractivity contribution in [2.24, 2.45) is 11.8 Å². The van der Waals surface area contributed by atoms with Gasteiger partial charge in [-0.3, -0.25) is 4.79 Å². The van der Waals surface area contributed by atoms with Gasteiger partial charge in [-0.1, -0.05) is 26.2 Å². The van der Waals surface area contributed by atoms with Crippen LogP contribution in [0.2, 0.25) is 0 Å². The third-order valence-corrected chi connectivity index (χ3v) is 4.15. The van der Waals surface area contributed by atoms with Gasteiger partial charge in [0.1, 0.15) is 0 Å². The molecule has 0 aromatic heterocycles. The third kappa shape index (κ3) is 2.94. The fraction of sp³-hybridized carbons (Fsp3) is 0.846. The standard InChI is InChI=1S/C13H22N2O3/c1-9-7-15(8-11(9)12(16)17)13(18)14-10-5-3-2-4-6-10/h9-11H,2-8H2,1H3,(H,14,18)(H,16,17). The Kier molecular flexibility index (Phi) is 4.09. The SMILES string of the molecule is CC1CN(C(=O)NC2CCCCC2)CC1C(=O)O. The molecule has 2 unspecified atom stereocenters. The van der Waals surface area contributed by atoms with Crippen LogP contribution in [0, 0.1) is 11.8 Å². The predicted molar refractivity (Wildman–Crippen MR) is 67.3 cm³/mol. The van der Waals surface area contributed by atoms with E-state index in [9.17, 15) is 9.59 Å². The van der Waals surface area contributed by atoms with E-state index in [0.29, 0.717) is 13.1 Å². The molecule has 18 heavy (non-hydrogen) atoms. The van der Waals surface area contributed by atoms with Gasteiger partial charge in [-0.25, -0.2) is 4.79 Å². The van der Waals surface area contributed by atoms with E-state index >= 15 is 0 Å². The van der Waals surface area contributed by atoms with Crippen LogP contribution in [0.3, 0.4) is 0 Å². The number of aliphatic carboxylic acids is 1. The number of rotatable bonds is 2. The highest BCUT2D eigenvalue weighted by molar-refractivity contribution is 5.77. The summed E-state index contributed by atoms with van der Waals surface area (Å²) in [5.41, 5.74) is 0. The summed E-state index contributed by atoms with van der Waals surface area (Å²) in [6.07, 6.45) is 5.72. The monoisotopic (exact) mass is 254 g/mol. The Labute approximate surface area is 108 Å². The second-order valence-electron chi connectivity index (χ2n) is 5.61. The molecule has 5 nitrogen and oxygen atoms in total. The van der Waals surface area contributed by atoms with Crippen molar-refractivity contribution >= 4 is 12.0 Å². The van der Waals surface area contributed by atoms with Crippen LogP contribution >= 0.6 is 0 Å². The lowest BCUT2D eigenvalue weighted by molar-refractivity contribution is -0.142. The van der Waals surface area contributed by atoms with E-state index in [0.717, 1.165) is 12.8 Å². The third-order valence-electron chi connectivity index (χ3n) is 4.15. The molecule has 0 spiro atoms. The second-order valence-corrected chi connectivity index (χ2v) is 5.61. The first-order valence-electron chi connectivity index (χ1n) is 6.86. The van der Waals surface area contributed by atoms with Gasteiger partial charge < -0.3 is 15.3 Å². The van der Waals surface area contributed by atoms with Crippen molar-refractivity contribution in [3.05, 3.63) is 0 Å².